The lowest BCUT2D eigenvalue weighted by molar-refractivity contribution is 0.997. The molecule has 2 heterocycles. The van der Waals surface area contributed by atoms with Crippen molar-refractivity contribution in [1.82, 2.24) is 19.6 Å². The van der Waals surface area contributed by atoms with Crippen LogP contribution in [0.3, 0.4) is 0 Å². The van der Waals surface area contributed by atoms with E-state index in [1.807, 2.05) is 36.4 Å². The van der Waals surface area contributed by atoms with Gasteiger partial charge in [0.1, 0.15) is 0 Å². The highest BCUT2D eigenvalue weighted by atomic mass is 35.5. The molecule has 3 rings (SSSR count). The number of nitrogens with zero attached hydrogens (tertiary/aromatic N) is 4. The van der Waals surface area contributed by atoms with Crippen molar-refractivity contribution in [3.05, 3.63) is 40.8 Å². The van der Waals surface area contributed by atoms with Gasteiger partial charge in [-0.2, -0.15) is 0 Å². The molecule has 0 spiro atoms. The van der Waals surface area contributed by atoms with Crippen LogP contribution in [0.4, 0.5) is 0 Å². The molecule has 0 fully saturated rings. The van der Waals surface area contributed by atoms with Gasteiger partial charge in [-0.1, -0.05) is 29.8 Å². The lowest BCUT2D eigenvalue weighted by atomic mass is 10.2. The fraction of sp³-hybridized carbons (Fsp3) is 0.214. The molecule has 0 aliphatic carbocycles. The zero-order valence-corrected chi connectivity index (χ0v) is 13.0. The Hall–Kier alpha value is -1.59. The van der Waals surface area contributed by atoms with Crippen LogP contribution in [0, 0.1) is 13.8 Å². The molecule has 20 heavy (non-hydrogen) atoms. The van der Waals surface area contributed by atoms with Crippen LogP contribution in [-0.2, 0) is 0 Å². The number of aromatic nitrogens is 4. The van der Waals surface area contributed by atoms with Crippen LogP contribution in [0.2, 0.25) is 5.15 Å². The minimum Gasteiger partial charge on any atom is -0.275 e. The third kappa shape index (κ3) is 1.98. The minimum atomic E-state index is 0.383. The maximum atomic E-state index is 6.17. The van der Waals surface area contributed by atoms with Crippen LogP contribution in [0.15, 0.2) is 29.2 Å². The summed E-state index contributed by atoms with van der Waals surface area (Å²) in [6.07, 6.45) is 2.05. The van der Waals surface area contributed by atoms with Crippen LogP contribution in [0.25, 0.3) is 17.0 Å². The molecule has 0 atom stereocenters. The molecule has 0 aliphatic heterocycles. The standard InChI is InChI=1S/C14H13ClN4S/c1-8-9(2)19-13(17-18-14(19)12(15)16-8)10-6-4-5-7-11(10)20-3/h4-7H,1-3H3. The van der Waals surface area contributed by atoms with Crippen molar-refractivity contribution in [2.24, 2.45) is 0 Å². The van der Waals surface area contributed by atoms with Gasteiger partial charge in [-0.3, -0.25) is 4.40 Å². The van der Waals surface area contributed by atoms with E-state index < -0.39 is 0 Å². The second-order valence-corrected chi connectivity index (χ2v) is 5.66. The summed E-state index contributed by atoms with van der Waals surface area (Å²) in [4.78, 5) is 5.45. The van der Waals surface area contributed by atoms with Crippen molar-refractivity contribution in [1.29, 1.82) is 0 Å². The van der Waals surface area contributed by atoms with Crippen molar-refractivity contribution in [3.63, 3.8) is 0 Å². The van der Waals surface area contributed by atoms with Gasteiger partial charge in [0, 0.05) is 16.2 Å². The summed E-state index contributed by atoms with van der Waals surface area (Å²) in [6.45, 7) is 3.94. The summed E-state index contributed by atoms with van der Waals surface area (Å²) >= 11 is 7.86. The number of fused-ring (bicyclic) bond motifs is 1. The molecule has 102 valence electrons. The Bertz CT molecular complexity index is 797. The summed E-state index contributed by atoms with van der Waals surface area (Å²) in [5.41, 5.74) is 3.53. The summed E-state index contributed by atoms with van der Waals surface area (Å²) in [7, 11) is 0. The molecule has 4 nitrogen and oxygen atoms in total. The van der Waals surface area contributed by atoms with E-state index in [4.69, 9.17) is 11.6 Å². The molecule has 0 amide bonds. The molecule has 0 aliphatic rings. The Kier molecular flexibility index (Phi) is 3.40. The van der Waals surface area contributed by atoms with Gasteiger partial charge in [-0.05, 0) is 26.2 Å². The molecule has 6 heteroatoms. The van der Waals surface area contributed by atoms with Gasteiger partial charge >= 0.3 is 0 Å². The van der Waals surface area contributed by atoms with Crippen molar-refractivity contribution < 1.29 is 0 Å². The first-order chi connectivity index (χ1) is 9.63. The molecule has 0 radical (unpaired) electrons. The quantitative estimate of drug-likeness (QED) is 0.676. The minimum absolute atomic E-state index is 0.383. The predicted octanol–water partition coefficient (Wildman–Crippen LogP) is 3.78. The van der Waals surface area contributed by atoms with Crippen LogP contribution in [0.5, 0.6) is 0 Å². The maximum absolute atomic E-state index is 6.17. The monoisotopic (exact) mass is 304 g/mol. The topological polar surface area (TPSA) is 43.1 Å². The molecular formula is C14H13ClN4S. The molecule has 0 saturated heterocycles. The SMILES string of the molecule is CSc1ccccc1-c1nnc2c(Cl)nc(C)c(C)n12. The van der Waals surface area contributed by atoms with Crippen LogP contribution in [-0.4, -0.2) is 25.8 Å². The first-order valence-corrected chi connectivity index (χ1v) is 7.75. The number of rotatable bonds is 2. The maximum Gasteiger partial charge on any atom is 0.199 e. The average Bonchev–Trinajstić information content (AvgIpc) is 2.90. The van der Waals surface area contributed by atoms with E-state index in [0.29, 0.717) is 10.8 Å². The van der Waals surface area contributed by atoms with Gasteiger partial charge < -0.3 is 0 Å². The third-order valence-corrected chi connectivity index (χ3v) is 4.37. The first-order valence-electron chi connectivity index (χ1n) is 6.14. The Morgan fingerprint density at radius 1 is 1.15 bits per heavy atom. The predicted molar refractivity (Wildman–Crippen MR) is 82.5 cm³/mol. The van der Waals surface area contributed by atoms with E-state index in [1.54, 1.807) is 11.8 Å². The second-order valence-electron chi connectivity index (χ2n) is 4.46. The van der Waals surface area contributed by atoms with Crippen molar-refractivity contribution in [3.8, 4) is 11.4 Å². The van der Waals surface area contributed by atoms with Crippen LogP contribution in [0.1, 0.15) is 11.4 Å². The van der Waals surface area contributed by atoms with Crippen molar-refractivity contribution >= 4 is 29.0 Å². The number of halogens is 1. The first kappa shape index (κ1) is 13.4. The van der Waals surface area contributed by atoms with Gasteiger partial charge in [0.25, 0.3) is 0 Å². The largest absolute Gasteiger partial charge is 0.275 e. The normalized spacial score (nSPS) is 11.2. The average molecular weight is 305 g/mol. The molecule has 3 aromatic rings. The number of thioether (sulfide) groups is 1. The second kappa shape index (κ2) is 5.07. The van der Waals surface area contributed by atoms with E-state index >= 15 is 0 Å². The van der Waals surface area contributed by atoms with E-state index in [2.05, 4.69) is 27.5 Å². The highest BCUT2D eigenvalue weighted by Gasteiger charge is 2.17. The molecule has 0 N–H and O–H groups in total. The summed E-state index contributed by atoms with van der Waals surface area (Å²) < 4.78 is 1.97. The summed E-state index contributed by atoms with van der Waals surface area (Å²) in [5, 5.41) is 8.88. The highest BCUT2D eigenvalue weighted by Crippen LogP contribution is 2.31. The lowest BCUT2D eigenvalue weighted by Crippen LogP contribution is -2.01. The van der Waals surface area contributed by atoms with Gasteiger partial charge in [0.2, 0.25) is 0 Å². The molecule has 1 aromatic carbocycles. The zero-order valence-electron chi connectivity index (χ0n) is 11.4. The van der Waals surface area contributed by atoms with Gasteiger partial charge in [0.15, 0.2) is 16.6 Å². The molecule has 0 bridgehead atoms. The number of benzene rings is 1. The van der Waals surface area contributed by atoms with Crippen LogP contribution < -0.4 is 0 Å². The number of hydrogen-bond acceptors (Lipinski definition) is 4. The molecule has 0 saturated carbocycles. The van der Waals surface area contributed by atoms with Gasteiger partial charge in [0.05, 0.1) is 5.69 Å². The number of aryl methyl sites for hydroxylation is 2. The van der Waals surface area contributed by atoms with Gasteiger partial charge in [-0.15, -0.1) is 22.0 Å². The number of hydrogen-bond donors (Lipinski definition) is 0. The third-order valence-electron chi connectivity index (χ3n) is 3.32. The Morgan fingerprint density at radius 2 is 1.90 bits per heavy atom. The van der Waals surface area contributed by atoms with Crippen molar-refractivity contribution in [2.75, 3.05) is 6.26 Å². The lowest BCUT2D eigenvalue weighted by Gasteiger charge is -2.09. The Balaban J connectivity index is 2.38. The smallest absolute Gasteiger partial charge is 0.199 e. The van der Waals surface area contributed by atoms with E-state index in [9.17, 15) is 0 Å². The molecular weight excluding hydrogens is 292 g/mol. The van der Waals surface area contributed by atoms with Gasteiger partial charge in [-0.25, -0.2) is 4.98 Å². The highest BCUT2D eigenvalue weighted by molar-refractivity contribution is 7.98. The Labute approximate surface area is 126 Å². The Morgan fingerprint density at radius 3 is 2.65 bits per heavy atom. The van der Waals surface area contributed by atoms with E-state index in [0.717, 1.165) is 27.7 Å². The summed E-state index contributed by atoms with van der Waals surface area (Å²) in [6, 6.07) is 8.14. The molecule has 0 unspecified atom stereocenters. The fourth-order valence-corrected chi connectivity index (χ4v) is 3.02. The van der Waals surface area contributed by atoms with E-state index in [1.165, 1.54) is 0 Å². The van der Waals surface area contributed by atoms with E-state index in [-0.39, 0.29) is 0 Å². The van der Waals surface area contributed by atoms with Crippen LogP contribution >= 0.6 is 23.4 Å². The fourth-order valence-electron chi connectivity index (χ4n) is 2.18. The van der Waals surface area contributed by atoms with Crippen molar-refractivity contribution in [2.45, 2.75) is 18.7 Å². The molecule has 2 aromatic heterocycles. The zero-order chi connectivity index (χ0) is 14.3. The summed E-state index contributed by atoms with van der Waals surface area (Å²) in [5.74, 6) is 0.801.